The first-order chi connectivity index (χ1) is 11.0. The van der Waals surface area contributed by atoms with Crippen molar-refractivity contribution in [3.8, 4) is 0 Å². The number of amides is 2. The summed E-state index contributed by atoms with van der Waals surface area (Å²) in [5.41, 5.74) is 1.47. The van der Waals surface area contributed by atoms with E-state index in [9.17, 15) is 14.0 Å². The molecule has 0 fully saturated rings. The molecule has 0 bridgehead atoms. The Morgan fingerprint density at radius 2 is 1.48 bits per heavy atom. The molecule has 0 spiro atoms. The summed E-state index contributed by atoms with van der Waals surface area (Å²) in [5.74, 6) is -0.865. The third-order valence-corrected chi connectivity index (χ3v) is 3.50. The smallest absolute Gasteiger partial charge is 0.255 e. The number of halogens is 1. The Labute approximate surface area is 134 Å². The molecule has 1 atom stereocenters. The number of carbonyl (C=O) groups excluding carboxylic acids is 2. The van der Waals surface area contributed by atoms with Crippen molar-refractivity contribution < 1.29 is 14.0 Å². The quantitative estimate of drug-likeness (QED) is 0.886. The third-order valence-electron chi connectivity index (χ3n) is 3.50. The maximum atomic E-state index is 12.8. The van der Waals surface area contributed by atoms with Crippen LogP contribution in [-0.2, 0) is 0 Å². The number of nitrogens with one attached hydrogen (secondary N) is 2. The predicted octanol–water partition coefficient (Wildman–Crippen LogP) is 3.61. The molecule has 0 saturated heterocycles. The normalized spacial score (nSPS) is 11.6. The molecule has 5 heteroatoms. The van der Waals surface area contributed by atoms with Crippen molar-refractivity contribution in [3.63, 3.8) is 0 Å². The summed E-state index contributed by atoms with van der Waals surface area (Å²) >= 11 is 0. The van der Waals surface area contributed by atoms with Crippen LogP contribution in [-0.4, -0.2) is 17.9 Å². The van der Waals surface area contributed by atoms with Crippen LogP contribution in [0.25, 0.3) is 0 Å². The minimum absolute atomic E-state index is 0.111. The van der Waals surface area contributed by atoms with Crippen molar-refractivity contribution >= 4 is 17.5 Å². The summed E-state index contributed by atoms with van der Waals surface area (Å²) < 4.78 is 12.8. The third kappa shape index (κ3) is 4.64. The van der Waals surface area contributed by atoms with E-state index in [1.807, 2.05) is 13.8 Å². The van der Waals surface area contributed by atoms with Gasteiger partial charge in [0.1, 0.15) is 5.82 Å². The molecule has 2 aromatic rings. The number of benzene rings is 2. The van der Waals surface area contributed by atoms with Crippen LogP contribution < -0.4 is 10.6 Å². The fourth-order valence-electron chi connectivity index (χ4n) is 1.92. The Bertz CT molecular complexity index is 681. The zero-order valence-corrected chi connectivity index (χ0v) is 13.1. The standard InChI is InChI=1S/C18H19FN2O2/c1-3-12(2)20-17(22)14-6-10-16(11-7-14)21-18(23)13-4-8-15(19)9-5-13/h4-12H,3H2,1-2H3,(H,20,22)(H,21,23)/t12-/m0/s1. The molecule has 0 heterocycles. The summed E-state index contributed by atoms with van der Waals surface area (Å²) in [5, 5.41) is 5.58. The van der Waals surface area contributed by atoms with Gasteiger partial charge in [-0.3, -0.25) is 9.59 Å². The summed E-state index contributed by atoms with van der Waals surface area (Å²) in [6.45, 7) is 3.94. The van der Waals surface area contributed by atoms with Gasteiger partial charge < -0.3 is 10.6 Å². The fourth-order valence-corrected chi connectivity index (χ4v) is 1.92. The zero-order chi connectivity index (χ0) is 16.8. The molecule has 120 valence electrons. The Morgan fingerprint density at radius 1 is 0.957 bits per heavy atom. The zero-order valence-electron chi connectivity index (χ0n) is 13.1. The lowest BCUT2D eigenvalue weighted by Gasteiger charge is -2.11. The van der Waals surface area contributed by atoms with Crippen LogP contribution in [0, 0.1) is 5.82 Å². The molecular weight excluding hydrogens is 295 g/mol. The van der Waals surface area contributed by atoms with Gasteiger partial charge in [-0.15, -0.1) is 0 Å². The SMILES string of the molecule is CC[C@H](C)NC(=O)c1ccc(NC(=O)c2ccc(F)cc2)cc1. The second-order valence-corrected chi connectivity index (χ2v) is 5.32. The van der Waals surface area contributed by atoms with E-state index >= 15 is 0 Å². The Morgan fingerprint density at radius 3 is 2.04 bits per heavy atom. The number of hydrogen-bond donors (Lipinski definition) is 2. The molecule has 4 nitrogen and oxygen atoms in total. The largest absolute Gasteiger partial charge is 0.350 e. The molecule has 0 aliphatic heterocycles. The van der Waals surface area contributed by atoms with E-state index in [2.05, 4.69) is 10.6 Å². The van der Waals surface area contributed by atoms with Gasteiger partial charge in [0, 0.05) is 22.9 Å². The molecule has 0 unspecified atom stereocenters. The number of anilines is 1. The highest BCUT2D eigenvalue weighted by Crippen LogP contribution is 2.12. The fraction of sp³-hybridized carbons (Fsp3) is 0.222. The number of rotatable bonds is 5. The predicted molar refractivity (Wildman–Crippen MR) is 88.0 cm³/mol. The van der Waals surface area contributed by atoms with E-state index in [0.717, 1.165) is 6.42 Å². The van der Waals surface area contributed by atoms with Crippen LogP contribution in [0.3, 0.4) is 0 Å². The molecule has 2 N–H and O–H groups in total. The van der Waals surface area contributed by atoms with Gasteiger partial charge in [0.25, 0.3) is 11.8 Å². The second kappa shape index (κ2) is 7.54. The molecule has 2 aromatic carbocycles. The van der Waals surface area contributed by atoms with E-state index in [1.165, 1.54) is 24.3 Å². The van der Waals surface area contributed by atoms with Gasteiger partial charge in [0.2, 0.25) is 0 Å². The Kier molecular flexibility index (Phi) is 5.46. The van der Waals surface area contributed by atoms with Crippen LogP contribution in [0.2, 0.25) is 0 Å². The highest BCUT2D eigenvalue weighted by Gasteiger charge is 2.10. The van der Waals surface area contributed by atoms with Gasteiger partial charge in [0.15, 0.2) is 0 Å². The second-order valence-electron chi connectivity index (χ2n) is 5.32. The van der Waals surface area contributed by atoms with Gasteiger partial charge in [-0.1, -0.05) is 6.92 Å². The van der Waals surface area contributed by atoms with Crippen LogP contribution in [0.1, 0.15) is 41.0 Å². The van der Waals surface area contributed by atoms with Crippen LogP contribution in [0.15, 0.2) is 48.5 Å². The highest BCUT2D eigenvalue weighted by molar-refractivity contribution is 6.04. The lowest BCUT2D eigenvalue weighted by atomic mass is 10.1. The van der Waals surface area contributed by atoms with Crippen molar-refractivity contribution in [3.05, 3.63) is 65.5 Å². The first-order valence-electron chi connectivity index (χ1n) is 7.47. The molecule has 23 heavy (non-hydrogen) atoms. The van der Waals surface area contributed by atoms with Crippen molar-refractivity contribution in [1.82, 2.24) is 5.32 Å². The monoisotopic (exact) mass is 314 g/mol. The first kappa shape index (κ1) is 16.7. The molecule has 2 rings (SSSR count). The minimum Gasteiger partial charge on any atom is -0.350 e. The summed E-state index contributed by atoms with van der Waals surface area (Å²) in [4.78, 5) is 24.0. The van der Waals surface area contributed by atoms with Crippen LogP contribution in [0.4, 0.5) is 10.1 Å². The number of carbonyl (C=O) groups is 2. The maximum Gasteiger partial charge on any atom is 0.255 e. The van der Waals surface area contributed by atoms with Crippen molar-refractivity contribution in [2.45, 2.75) is 26.3 Å². The maximum absolute atomic E-state index is 12.8. The molecule has 0 saturated carbocycles. The average molecular weight is 314 g/mol. The van der Waals surface area contributed by atoms with E-state index in [-0.39, 0.29) is 17.9 Å². The van der Waals surface area contributed by atoms with Crippen LogP contribution in [0.5, 0.6) is 0 Å². The Hall–Kier alpha value is -2.69. The molecule has 0 radical (unpaired) electrons. The molecule has 0 aliphatic carbocycles. The average Bonchev–Trinajstić information content (AvgIpc) is 2.55. The lowest BCUT2D eigenvalue weighted by Crippen LogP contribution is -2.31. The minimum atomic E-state index is -0.391. The summed E-state index contributed by atoms with van der Waals surface area (Å²) in [7, 11) is 0. The summed E-state index contributed by atoms with van der Waals surface area (Å²) in [6.07, 6.45) is 0.859. The highest BCUT2D eigenvalue weighted by atomic mass is 19.1. The van der Waals surface area contributed by atoms with Gasteiger partial charge in [-0.25, -0.2) is 4.39 Å². The van der Waals surface area contributed by atoms with Gasteiger partial charge in [-0.05, 0) is 61.9 Å². The van der Waals surface area contributed by atoms with Crippen LogP contribution >= 0.6 is 0 Å². The van der Waals surface area contributed by atoms with Crippen molar-refractivity contribution in [2.75, 3.05) is 5.32 Å². The van der Waals surface area contributed by atoms with E-state index < -0.39 is 5.82 Å². The first-order valence-corrected chi connectivity index (χ1v) is 7.47. The van der Waals surface area contributed by atoms with Gasteiger partial charge >= 0.3 is 0 Å². The topological polar surface area (TPSA) is 58.2 Å². The van der Waals surface area contributed by atoms with Gasteiger partial charge in [0.05, 0.1) is 0 Å². The summed E-state index contributed by atoms with van der Waals surface area (Å²) in [6, 6.07) is 12.0. The molecule has 0 aromatic heterocycles. The molecular formula is C18H19FN2O2. The van der Waals surface area contributed by atoms with Crippen molar-refractivity contribution in [1.29, 1.82) is 0 Å². The molecule has 0 aliphatic rings. The molecule has 2 amide bonds. The van der Waals surface area contributed by atoms with Crippen molar-refractivity contribution in [2.24, 2.45) is 0 Å². The van der Waals surface area contributed by atoms with E-state index in [1.54, 1.807) is 24.3 Å². The van der Waals surface area contributed by atoms with Gasteiger partial charge in [-0.2, -0.15) is 0 Å². The van der Waals surface area contributed by atoms with E-state index in [4.69, 9.17) is 0 Å². The Balaban J connectivity index is 2.01. The van der Waals surface area contributed by atoms with E-state index in [0.29, 0.717) is 16.8 Å². The number of hydrogen-bond acceptors (Lipinski definition) is 2. The lowest BCUT2D eigenvalue weighted by molar-refractivity contribution is 0.0938.